The van der Waals surface area contributed by atoms with Gasteiger partial charge in [-0.25, -0.2) is 9.78 Å². The van der Waals surface area contributed by atoms with E-state index in [0.29, 0.717) is 31.3 Å². The van der Waals surface area contributed by atoms with Crippen molar-refractivity contribution in [2.24, 2.45) is 5.73 Å². The number of nitrogens with zero attached hydrogens (tertiary/aromatic N) is 4. The van der Waals surface area contributed by atoms with Crippen molar-refractivity contribution in [2.45, 2.75) is 25.3 Å². The highest BCUT2D eigenvalue weighted by atomic mass is 31.2. The fourth-order valence-electron chi connectivity index (χ4n) is 5.24. The lowest BCUT2D eigenvalue weighted by Gasteiger charge is -2.26. The van der Waals surface area contributed by atoms with Gasteiger partial charge in [0.2, 0.25) is 5.95 Å². The van der Waals surface area contributed by atoms with Crippen molar-refractivity contribution in [1.82, 2.24) is 19.8 Å². The summed E-state index contributed by atoms with van der Waals surface area (Å²) in [5.74, 6) is -1.08. The maximum absolute atomic E-state index is 14.1. The molecule has 2 aromatic carbocycles. The van der Waals surface area contributed by atoms with E-state index in [1.54, 1.807) is 13.1 Å². The number of alkyl halides is 3. The maximum Gasteiger partial charge on any atom is 0.421 e. The van der Waals surface area contributed by atoms with Crippen molar-refractivity contribution in [1.29, 1.82) is 0 Å². The van der Waals surface area contributed by atoms with E-state index in [-0.39, 0.29) is 46.7 Å². The van der Waals surface area contributed by atoms with Crippen molar-refractivity contribution in [3.8, 4) is 5.75 Å². The molecule has 45 heavy (non-hydrogen) atoms. The van der Waals surface area contributed by atoms with Crippen molar-refractivity contribution < 1.29 is 41.8 Å². The van der Waals surface area contributed by atoms with Gasteiger partial charge in [-0.15, -0.1) is 0 Å². The molecule has 2 aliphatic rings. The number of carbonyl (C=O) groups excluding carboxylic acids is 2. The number of rotatable bonds is 8. The van der Waals surface area contributed by atoms with Gasteiger partial charge in [0.05, 0.1) is 30.2 Å². The Morgan fingerprint density at radius 1 is 1.18 bits per heavy atom. The topological polar surface area (TPSA) is 183 Å². The predicted octanol–water partition coefficient (Wildman–Crippen LogP) is 4.42. The van der Waals surface area contributed by atoms with Crippen LogP contribution < -0.4 is 21.1 Å². The van der Waals surface area contributed by atoms with Gasteiger partial charge < -0.3 is 40.7 Å². The van der Waals surface area contributed by atoms with Gasteiger partial charge in [0.15, 0.2) is 0 Å². The minimum absolute atomic E-state index is 0.118. The monoisotopic (exact) mass is 647 g/mol. The number of hydrogen-bond donors (Lipinski definition) is 5. The van der Waals surface area contributed by atoms with E-state index in [1.807, 2.05) is 6.08 Å². The van der Waals surface area contributed by atoms with E-state index >= 15 is 0 Å². The summed E-state index contributed by atoms with van der Waals surface area (Å²) in [5.41, 5.74) is 7.32. The van der Waals surface area contributed by atoms with Crippen molar-refractivity contribution in [2.75, 3.05) is 37.9 Å². The van der Waals surface area contributed by atoms with Gasteiger partial charge in [0.25, 0.3) is 5.91 Å². The second kappa shape index (κ2) is 12.0. The number of amides is 3. The fraction of sp³-hybridized carbons (Fsp3) is 0.286. The molecule has 0 spiro atoms. The zero-order valence-electron chi connectivity index (χ0n) is 24.1. The highest BCUT2D eigenvalue weighted by Crippen LogP contribution is 2.42. The van der Waals surface area contributed by atoms with Crippen LogP contribution in [0.4, 0.5) is 41.1 Å². The van der Waals surface area contributed by atoms with Gasteiger partial charge in [0, 0.05) is 32.9 Å². The van der Waals surface area contributed by atoms with Gasteiger partial charge in [-0.05, 0) is 46.9 Å². The molecule has 238 valence electrons. The fourth-order valence-corrected chi connectivity index (χ4v) is 5.92. The number of fused-ring (bicyclic) bond motifs is 1. The van der Waals surface area contributed by atoms with E-state index in [9.17, 15) is 37.1 Å². The average Bonchev–Trinajstić information content (AvgIpc) is 3.26. The number of aromatic nitrogens is 2. The molecule has 0 bridgehead atoms. The number of halogens is 3. The van der Waals surface area contributed by atoms with Crippen LogP contribution in [0, 0.1) is 0 Å². The molecule has 2 aliphatic heterocycles. The Kier molecular flexibility index (Phi) is 8.49. The molecule has 13 nitrogen and oxygen atoms in total. The molecule has 0 radical (unpaired) electrons. The van der Waals surface area contributed by atoms with Gasteiger partial charge in [-0.2, -0.15) is 18.2 Å². The van der Waals surface area contributed by atoms with Crippen LogP contribution in [0.3, 0.4) is 0 Å². The quantitative estimate of drug-likeness (QED) is 0.219. The van der Waals surface area contributed by atoms with E-state index in [4.69, 9.17) is 10.5 Å². The number of nitrogens with two attached hydrogens (primary N) is 1. The highest BCUT2D eigenvalue weighted by molar-refractivity contribution is 7.50. The summed E-state index contributed by atoms with van der Waals surface area (Å²) in [6.07, 6.45) is -2.44. The molecule has 6 N–H and O–H groups in total. The van der Waals surface area contributed by atoms with Crippen LogP contribution in [0.25, 0.3) is 5.57 Å². The lowest BCUT2D eigenvalue weighted by atomic mass is 9.92. The van der Waals surface area contributed by atoms with Gasteiger partial charge in [-0.3, -0.25) is 9.36 Å². The Labute approximate surface area is 255 Å². The number of benzene rings is 2. The van der Waals surface area contributed by atoms with Gasteiger partial charge >= 0.3 is 19.8 Å². The van der Waals surface area contributed by atoms with Crippen LogP contribution in [0.1, 0.15) is 39.0 Å². The minimum atomic E-state index is -4.84. The van der Waals surface area contributed by atoms with Crippen LogP contribution in [0.5, 0.6) is 5.75 Å². The first kappa shape index (κ1) is 31.8. The normalized spacial score (nSPS) is 15.1. The molecule has 0 atom stereocenters. The molecule has 1 aromatic heterocycles. The third-order valence-corrected chi connectivity index (χ3v) is 8.16. The second-order valence-electron chi connectivity index (χ2n) is 10.5. The first-order valence-corrected chi connectivity index (χ1v) is 15.3. The summed E-state index contributed by atoms with van der Waals surface area (Å²) in [5, 5.41) is 5.49. The number of hydrogen-bond acceptors (Lipinski definition) is 8. The molecule has 0 saturated carbocycles. The Bertz CT molecular complexity index is 1760. The molecule has 0 aliphatic carbocycles. The van der Waals surface area contributed by atoms with Crippen LogP contribution in [-0.2, 0) is 23.4 Å². The Morgan fingerprint density at radius 3 is 2.53 bits per heavy atom. The smallest absolute Gasteiger partial charge is 0.421 e. The number of primary amides is 1. The highest BCUT2D eigenvalue weighted by Gasteiger charge is 2.37. The molecular weight excluding hydrogens is 618 g/mol. The van der Waals surface area contributed by atoms with Crippen LogP contribution in [-0.4, -0.2) is 68.7 Å². The minimum Gasteiger partial charge on any atom is -0.495 e. The Morgan fingerprint density at radius 2 is 1.91 bits per heavy atom. The summed E-state index contributed by atoms with van der Waals surface area (Å²) in [6, 6.07) is 6.93. The summed E-state index contributed by atoms with van der Waals surface area (Å²) < 4.78 is 58.9. The number of nitrogens with one attached hydrogen (secondary N) is 2. The molecule has 3 amide bonds. The zero-order valence-corrected chi connectivity index (χ0v) is 24.9. The van der Waals surface area contributed by atoms with Crippen LogP contribution >= 0.6 is 7.60 Å². The lowest BCUT2D eigenvalue weighted by molar-refractivity contribution is -0.137. The van der Waals surface area contributed by atoms with Crippen LogP contribution in [0.15, 0.2) is 42.6 Å². The molecule has 17 heteroatoms. The molecule has 0 saturated heterocycles. The second-order valence-corrected chi connectivity index (χ2v) is 12.1. The molecule has 3 aromatic rings. The van der Waals surface area contributed by atoms with Gasteiger partial charge in [0.1, 0.15) is 17.1 Å². The Balaban J connectivity index is 1.50. The summed E-state index contributed by atoms with van der Waals surface area (Å²) in [6.45, 7) is 0.922. The maximum atomic E-state index is 14.1. The zero-order chi connectivity index (χ0) is 32.7. The molecule has 0 unspecified atom stereocenters. The molecular formula is C28H29F3N7O6P. The summed E-state index contributed by atoms with van der Waals surface area (Å²) >= 11 is 0. The first-order chi connectivity index (χ1) is 21.1. The largest absolute Gasteiger partial charge is 0.495 e. The van der Waals surface area contributed by atoms with Crippen molar-refractivity contribution >= 4 is 48.2 Å². The molecule has 5 rings (SSSR count). The van der Waals surface area contributed by atoms with E-state index in [1.165, 1.54) is 41.2 Å². The number of methoxy groups -OCH3 is 1. The number of urea groups is 1. The van der Waals surface area contributed by atoms with E-state index in [0.717, 1.165) is 11.1 Å². The first-order valence-electron chi connectivity index (χ1n) is 13.5. The van der Waals surface area contributed by atoms with Crippen LogP contribution in [0.2, 0.25) is 0 Å². The standard InChI is InChI=1S/C28H29F3N7O6P/c1-37-13-18-17(16-7-9-38(10-8-16)26(32)40)4-6-21(23(18)25(37)39)34-24-19(28(29,30)31)12-33-27(36-24)35-20-5-3-15(11-22(20)44-2)14-45(41,42)43/h3-7,11-12H,8-10,13-14H2,1-2H3,(H2,32,40)(H2,41,42,43)(H2,33,34,35,36). The SMILES string of the molecule is COc1cc(CP(=O)(O)O)ccc1Nc1ncc(C(F)(F)F)c(Nc2ccc(C3=CCN(C(N)=O)CC3)c3c2C(=O)N(C)C3)n1. The average molecular weight is 648 g/mol. The number of ether oxygens (including phenoxy) is 1. The van der Waals surface area contributed by atoms with Crippen molar-refractivity contribution in [3.05, 3.63) is 70.4 Å². The van der Waals surface area contributed by atoms with E-state index < -0.39 is 37.3 Å². The predicted molar refractivity (Wildman–Crippen MR) is 158 cm³/mol. The third kappa shape index (κ3) is 6.87. The summed E-state index contributed by atoms with van der Waals surface area (Å²) in [4.78, 5) is 54.1. The molecule has 3 heterocycles. The third-order valence-electron chi connectivity index (χ3n) is 7.38. The van der Waals surface area contributed by atoms with E-state index in [2.05, 4.69) is 20.6 Å². The summed E-state index contributed by atoms with van der Waals surface area (Å²) in [7, 11) is -1.45. The van der Waals surface area contributed by atoms with Crippen molar-refractivity contribution in [3.63, 3.8) is 0 Å². The Hall–Kier alpha value is -4.66. The number of anilines is 4. The number of carbonyl (C=O) groups is 2. The lowest BCUT2D eigenvalue weighted by Crippen LogP contribution is -2.38. The van der Waals surface area contributed by atoms with Gasteiger partial charge in [-0.1, -0.05) is 18.2 Å². The molecule has 0 fully saturated rings.